The number of nitrogens with zero attached hydrogens (tertiary/aromatic N) is 4. The number of carbonyl (C=O) groups excluding carboxylic acids is 1. The first kappa shape index (κ1) is 24.7. The first-order valence-electron chi connectivity index (χ1n) is 12.1. The van der Waals surface area contributed by atoms with Gasteiger partial charge in [-0.05, 0) is 49.4 Å². The van der Waals surface area contributed by atoms with Crippen molar-refractivity contribution in [2.45, 2.75) is 59.5 Å². The van der Waals surface area contributed by atoms with Gasteiger partial charge < -0.3 is 14.8 Å². The summed E-state index contributed by atoms with van der Waals surface area (Å²) in [5.74, 6) is 2.48. The van der Waals surface area contributed by atoms with Gasteiger partial charge in [-0.25, -0.2) is 0 Å². The summed E-state index contributed by atoms with van der Waals surface area (Å²) in [5, 5.41) is 13.5. The molecule has 4 aromatic rings. The Morgan fingerprint density at radius 1 is 1.09 bits per heavy atom. The van der Waals surface area contributed by atoms with E-state index in [9.17, 15) is 9.59 Å². The molecule has 0 aliphatic carbocycles. The van der Waals surface area contributed by atoms with Gasteiger partial charge in [-0.15, -0.1) is 21.5 Å². The molecule has 10 heteroatoms. The van der Waals surface area contributed by atoms with Crippen molar-refractivity contribution >= 4 is 33.2 Å². The molecule has 0 atom stereocenters. The Kier molecular flexibility index (Phi) is 8.02. The highest BCUT2D eigenvalue weighted by Crippen LogP contribution is 2.28. The summed E-state index contributed by atoms with van der Waals surface area (Å²) in [6.45, 7) is 8.01. The Balaban J connectivity index is 1.46. The van der Waals surface area contributed by atoms with Crippen LogP contribution in [0, 0.1) is 0 Å². The van der Waals surface area contributed by atoms with Crippen molar-refractivity contribution in [3.63, 3.8) is 0 Å². The van der Waals surface area contributed by atoms with E-state index in [-0.39, 0.29) is 17.9 Å². The molecule has 0 unspecified atom stereocenters. The van der Waals surface area contributed by atoms with Crippen LogP contribution in [0.25, 0.3) is 16.0 Å². The number of aromatic nitrogens is 4. The van der Waals surface area contributed by atoms with Crippen LogP contribution in [0.5, 0.6) is 11.5 Å². The highest BCUT2D eigenvalue weighted by Gasteiger charge is 2.18. The fourth-order valence-corrected chi connectivity index (χ4v) is 4.80. The summed E-state index contributed by atoms with van der Waals surface area (Å²) in [7, 11) is 0. The molecule has 0 aliphatic heterocycles. The van der Waals surface area contributed by atoms with E-state index < -0.39 is 0 Å². The molecule has 0 aliphatic rings. The Hall–Kier alpha value is -3.40. The molecule has 0 saturated carbocycles. The Morgan fingerprint density at radius 3 is 2.66 bits per heavy atom. The lowest BCUT2D eigenvalue weighted by atomic mass is 10.2. The average molecular weight is 498 g/mol. The molecule has 9 nitrogen and oxygen atoms in total. The minimum atomic E-state index is -0.0885. The minimum Gasteiger partial charge on any atom is -0.490 e. The maximum Gasteiger partial charge on any atom is 0.272 e. The van der Waals surface area contributed by atoms with Gasteiger partial charge in [0.15, 0.2) is 11.5 Å². The smallest absolute Gasteiger partial charge is 0.272 e. The highest BCUT2D eigenvalue weighted by atomic mass is 32.1. The van der Waals surface area contributed by atoms with Crippen LogP contribution < -0.4 is 20.3 Å². The molecule has 1 N–H and O–H groups in total. The predicted molar refractivity (Wildman–Crippen MR) is 136 cm³/mol. The van der Waals surface area contributed by atoms with Gasteiger partial charge in [-0.3, -0.25) is 18.6 Å². The van der Waals surface area contributed by atoms with Gasteiger partial charge in [0.2, 0.25) is 11.7 Å². The largest absolute Gasteiger partial charge is 0.490 e. The van der Waals surface area contributed by atoms with Gasteiger partial charge in [-0.1, -0.05) is 19.4 Å². The van der Waals surface area contributed by atoms with Crippen LogP contribution in [0.1, 0.15) is 51.4 Å². The van der Waals surface area contributed by atoms with E-state index in [0.29, 0.717) is 60.5 Å². The van der Waals surface area contributed by atoms with E-state index in [2.05, 4.69) is 22.4 Å². The number of benzene rings is 1. The van der Waals surface area contributed by atoms with Crippen LogP contribution >= 0.6 is 11.3 Å². The molecular formula is C25H31N5O4S. The van der Waals surface area contributed by atoms with Crippen LogP contribution in [0.15, 0.2) is 34.4 Å². The van der Waals surface area contributed by atoms with Crippen LogP contribution in [0.4, 0.5) is 0 Å². The molecule has 1 aromatic carbocycles. The molecule has 1 amide bonds. The van der Waals surface area contributed by atoms with Crippen LogP contribution in [0.2, 0.25) is 0 Å². The first-order valence-corrected chi connectivity index (χ1v) is 12.9. The summed E-state index contributed by atoms with van der Waals surface area (Å²) in [5.41, 5.74) is 1.69. The second kappa shape index (κ2) is 11.4. The minimum absolute atomic E-state index is 0.0329. The Labute approximate surface area is 207 Å². The molecule has 0 bridgehead atoms. The van der Waals surface area contributed by atoms with Gasteiger partial charge in [-0.2, -0.15) is 0 Å². The van der Waals surface area contributed by atoms with Gasteiger partial charge in [0, 0.05) is 25.9 Å². The third-order valence-electron chi connectivity index (χ3n) is 5.69. The number of hydrogen-bond acceptors (Lipinski definition) is 7. The number of thiophene rings is 1. The Morgan fingerprint density at radius 2 is 1.89 bits per heavy atom. The third kappa shape index (κ3) is 5.32. The maximum absolute atomic E-state index is 12.9. The van der Waals surface area contributed by atoms with Gasteiger partial charge in [0.1, 0.15) is 10.5 Å². The monoisotopic (exact) mass is 497 g/mol. The summed E-state index contributed by atoms with van der Waals surface area (Å²) >= 11 is 1.42. The molecule has 4 rings (SSSR count). The van der Waals surface area contributed by atoms with Gasteiger partial charge in [0.25, 0.3) is 5.56 Å². The van der Waals surface area contributed by atoms with E-state index in [1.165, 1.54) is 11.3 Å². The van der Waals surface area contributed by atoms with E-state index in [4.69, 9.17) is 9.47 Å². The maximum atomic E-state index is 12.9. The first-order chi connectivity index (χ1) is 17.1. The van der Waals surface area contributed by atoms with Crippen molar-refractivity contribution in [2.24, 2.45) is 0 Å². The lowest BCUT2D eigenvalue weighted by Crippen LogP contribution is -2.24. The quantitative estimate of drug-likeness (QED) is 0.318. The number of nitrogens with one attached hydrogen (secondary N) is 1. The number of hydrogen-bond donors (Lipinski definition) is 1. The van der Waals surface area contributed by atoms with Crippen molar-refractivity contribution in [1.29, 1.82) is 0 Å². The van der Waals surface area contributed by atoms with Crippen LogP contribution in [-0.2, 0) is 24.3 Å². The van der Waals surface area contributed by atoms with E-state index in [0.717, 1.165) is 23.9 Å². The molecule has 35 heavy (non-hydrogen) atoms. The van der Waals surface area contributed by atoms with Crippen molar-refractivity contribution in [1.82, 2.24) is 24.5 Å². The van der Waals surface area contributed by atoms with E-state index in [1.807, 2.05) is 47.9 Å². The van der Waals surface area contributed by atoms with Gasteiger partial charge in [0.05, 0.1) is 18.7 Å². The zero-order valence-electron chi connectivity index (χ0n) is 20.4. The number of amides is 1. The zero-order chi connectivity index (χ0) is 24.8. The van der Waals surface area contributed by atoms with Crippen molar-refractivity contribution in [3.8, 4) is 11.5 Å². The summed E-state index contributed by atoms with van der Waals surface area (Å²) in [6, 6.07) is 7.59. The van der Waals surface area contributed by atoms with E-state index in [1.54, 1.807) is 4.57 Å². The molecule has 0 radical (unpaired) electrons. The zero-order valence-corrected chi connectivity index (χ0v) is 21.2. The van der Waals surface area contributed by atoms with Gasteiger partial charge >= 0.3 is 0 Å². The van der Waals surface area contributed by atoms with Crippen molar-refractivity contribution < 1.29 is 14.3 Å². The molecule has 186 valence electrons. The average Bonchev–Trinajstić information content (AvgIpc) is 3.50. The molecule has 0 saturated heterocycles. The standard InChI is InChI=1S/C25H31N5O4S/c1-4-7-13-29-24(32)23-18(12-14-35-23)30-21(27-28-25(29)30)10-11-22(31)26-16-17-8-9-19(33-5-2)20(15-17)34-6-3/h8-9,12,14-15H,4-7,10-11,13,16H2,1-3H3,(H,26,31). The highest BCUT2D eigenvalue weighted by molar-refractivity contribution is 7.17. The molecular weight excluding hydrogens is 466 g/mol. The summed E-state index contributed by atoms with van der Waals surface area (Å²) < 4.78 is 15.6. The predicted octanol–water partition coefficient (Wildman–Crippen LogP) is 3.95. The van der Waals surface area contributed by atoms with E-state index >= 15 is 0 Å². The van der Waals surface area contributed by atoms with Crippen molar-refractivity contribution in [3.05, 3.63) is 51.4 Å². The second-order valence-corrected chi connectivity index (χ2v) is 9.04. The fraction of sp³-hybridized carbons (Fsp3) is 0.440. The number of carbonyl (C=O) groups is 1. The second-order valence-electron chi connectivity index (χ2n) is 8.12. The molecule has 0 spiro atoms. The molecule has 3 heterocycles. The number of ether oxygens (including phenoxy) is 2. The van der Waals surface area contributed by atoms with Crippen LogP contribution in [-0.4, -0.2) is 38.3 Å². The topological polar surface area (TPSA) is 99.8 Å². The lowest BCUT2D eigenvalue weighted by molar-refractivity contribution is -0.121. The lowest BCUT2D eigenvalue weighted by Gasteiger charge is -2.13. The fourth-order valence-electron chi connectivity index (χ4n) is 3.98. The Bertz CT molecular complexity index is 1370. The number of unbranched alkanes of at least 4 members (excludes halogenated alkanes) is 1. The third-order valence-corrected chi connectivity index (χ3v) is 6.58. The molecule has 3 aromatic heterocycles. The number of rotatable bonds is 12. The summed E-state index contributed by atoms with van der Waals surface area (Å²) in [4.78, 5) is 25.6. The summed E-state index contributed by atoms with van der Waals surface area (Å²) in [6.07, 6.45) is 2.53. The van der Waals surface area contributed by atoms with Crippen molar-refractivity contribution in [2.75, 3.05) is 13.2 Å². The normalized spacial score (nSPS) is 11.3. The van der Waals surface area contributed by atoms with Crippen LogP contribution in [0.3, 0.4) is 0 Å². The SMILES string of the molecule is CCCCn1c(=O)c2sccc2n2c(CCC(=O)NCc3ccc(OCC)c(OCC)c3)nnc12. The number of fused-ring (bicyclic) bond motifs is 3. The molecule has 0 fully saturated rings. The number of aryl methyl sites for hydroxylation is 2.